The Hall–Kier alpha value is -1.92. The van der Waals surface area contributed by atoms with Crippen molar-refractivity contribution in [2.45, 2.75) is 13.3 Å². The molecule has 1 atom stereocenters. The lowest BCUT2D eigenvalue weighted by atomic mass is 10.1. The molecule has 0 aliphatic carbocycles. The number of hydrogen-bond donors (Lipinski definition) is 0. The molecule has 2 heterocycles. The molecule has 0 spiro atoms. The smallest absolute Gasteiger partial charge is 0.207 e. The largest absolute Gasteiger partial charge is 0.238 e. The van der Waals surface area contributed by atoms with Gasteiger partial charge in [-0.3, -0.25) is 0 Å². The van der Waals surface area contributed by atoms with Crippen LogP contribution in [0, 0.1) is 5.82 Å². The van der Waals surface area contributed by atoms with Crippen LogP contribution in [0.15, 0.2) is 75.1 Å². The lowest BCUT2D eigenvalue weighted by Crippen LogP contribution is -2.06. The Kier molecular flexibility index (Phi) is 6.38. The van der Waals surface area contributed by atoms with Crippen molar-refractivity contribution in [3.05, 3.63) is 76.9 Å². The van der Waals surface area contributed by atoms with Gasteiger partial charge in [0, 0.05) is 11.8 Å². The molecule has 0 aliphatic heterocycles. The third-order valence-corrected chi connectivity index (χ3v) is 12.3. The van der Waals surface area contributed by atoms with E-state index in [2.05, 4.69) is 20.9 Å². The Labute approximate surface area is 201 Å². The van der Waals surface area contributed by atoms with Crippen molar-refractivity contribution in [1.29, 1.82) is 0 Å². The molecule has 166 valence electrons. The van der Waals surface area contributed by atoms with Gasteiger partial charge in [-0.15, -0.1) is 22.7 Å². The summed E-state index contributed by atoms with van der Waals surface area (Å²) in [5.41, 5.74) is 1.78. The molecule has 0 aliphatic rings. The molecule has 1 unspecified atom stereocenters. The second kappa shape index (κ2) is 8.79. The molecule has 0 fully saturated rings. The third kappa shape index (κ3) is 4.58. The number of alkyl halides is 1. The molecule has 11 heteroatoms. The van der Waals surface area contributed by atoms with Crippen LogP contribution in [0.1, 0.15) is 9.17 Å². The van der Waals surface area contributed by atoms with Crippen molar-refractivity contribution in [3.8, 4) is 21.7 Å². The number of thiazole rings is 1. The van der Waals surface area contributed by atoms with Gasteiger partial charge in [-0.1, -0.05) is 34.1 Å². The standard InChI is InChI=1S/C21H15BrFNO4S4/c1-31(25,26)16-10-6-14(7-11-16)19-18(13-4-8-15(23)9-5-13)24-21(30-19)20(22)32(27,28)17-3-2-12-29-17/h2-12,20H,1H3. The van der Waals surface area contributed by atoms with Crippen LogP contribution in [0.25, 0.3) is 21.7 Å². The highest BCUT2D eigenvalue weighted by Crippen LogP contribution is 2.44. The lowest BCUT2D eigenvalue weighted by molar-refractivity contribution is 0.596. The number of nitrogens with zero attached hydrogens (tertiary/aromatic N) is 1. The Bertz CT molecular complexity index is 1460. The molecule has 0 saturated carbocycles. The summed E-state index contributed by atoms with van der Waals surface area (Å²) in [5.74, 6) is -0.401. The minimum absolute atomic E-state index is 0.174. The van der Waals surface area contributed by atoms with Crippen LogP contribution in [-0.2, 0) is 19.7 Å². The fourth-order valence-electron chi connectivity index (χ4n) is 2.95. The zero-order valence-corrected chi connectivity index (χ0v) is 21.2. The van der Waals surface area contributed by atoms with Crippen molar-refractivity contribution in [2.75, 3.05) is 6.26 Å². The van der Waals surface area contributed by atoms with Gasteiger partial charge in [0.2, 0.25) is 9.84 Å². The van der Waals surface area contributed by atoms with Gasteiger partial charge >= 0.3 is 0 Å². The minimum atomic E-state index is -3.71. The Morgan fingerprint density at radius 3 is 2.12 bits per heavy atom. The van der Waals surface area contributed by atoms with Crippen molar-refractivity contribution >= 4 is 58.3 Å². The molecule has 0 radical (unpaired) electrons. The van der Waals surface area contributed by atoms with E-state index in [-0.39, 0.29) is 9.10 Å². The topological polar surface area (TPSA) is 81.2 Å². The molecule has 4 rings (SSSR count). The van der Waals surface area contributed by atoms with Crippen molar-refractivity contribution in [3.63, 3.8) is 0 Å². The summed E-state index contributed by atoms with van der Waals surface area (Å²) in [6, 6.07) is 15.2. The van der Waals surface area contributed by atoms with Gasteiger partial charge in [-0.25, -0.2) is 26.2 Å². The fraction of sp³-hybridized carbons (Fsp3) is 0.0952. The summed E-state index contributed by atoms with van der Waals surface area (Å²) >= 11 is 5.60. The number of thiophene rings is 1. The first kappa shape index (κ1) is 23.2. The molecule has 0 N–H and O–H groups in total. The SMILES string of the molecule is CS(=O)(=O)c1ccc(-c2sc(C(Br)S(=O)(=O)c3cccs3)nc2-c2ccc(F)cc2)cc1. The maximum Gasteiger partial charge on any atom is 0.207 e. The number of aromatic nitrogens is 1. The first-order valence-electron chi connectivity index (χ1n) is 9.06. The quantitative estimate of drug-likeness (QED) is 0.267. The van der Waals surface area contributed by atoms with Gasteiger partial charge in [0.05, 0.1) is 15.5 Å². The highest BCUT2D eigenvalue weighted by Gasteiger charge is 2.31. The maximum absolute atomic E-state index is 13.5. The number of hydrogen-bond acceptors (Lipinski definition) is 7. The summed E-state index contributed by atoms with van der Waals surface area (Å²) in [5, 5.41) is 2.01. The molecular formula is C21H15BrFNO4S4. The molecule has 2 aromatic carbocycles. The van der Waals surface area contributed by atoms with Crippen LogP contribution in [0.2, 0.25) is 0 Å². The van der Waals surface area contributed by atoms with Gasteiger partial charge in [-0.05, 0) is 53.4 Å². The van der Waals surface area contributed by atoms with Crippen LogP contribution < -0.4 is 0 Å². The zero-order valence-electron chi connectivity index (χ0n) is 16.4. The maximum atomic E-state index is 13.5. The van der Waals surface area contributed by atoms with E-state index in [1.807, 2.05) is 0 Å². The average Bonchev–Trinajstić information content (AvgIpc) is 3.44. The van der Waals surface area contributed by atoms with E-state index in [1.165, 1.54) is 41.7 Å². The molecule has 0 saturated heterocycles. The zero-order chi connectivity index (χ0) is 23.1. The minimum Gasteiger partial charge on any atom is -0.238 e. The van der Waals surface area contributed by atoms with Crippen LogP contribution in [-0.4, -0.2) is 28.1 Å². The van der Waals surface area contributed by atoms with E-state index in [0.29, 0.717) is 26.7 Å². The predicted molar refractivity (Wildman–Crippen MR) is 129 cm³/mol. The van der Waals surface area contributed by atoms with E-state index >= 15 is 0 Å². The van der Waals surface area contributed by atoms with Crippen molar-refractivity contribution in [2.24, 2.45) is 0 Å². The monoisotopic (exact) mass is 571 g/mol. The number of sulfone groups is 2. The normalized spacial score (nSPS) is 13.2. The average molecular weight is 573 g/mol. The van der Waals surface area contributed by atoms with Gasteiger partial charge in [-0.2, -0.15) is 0 Å². The second-order valence-electron chi connectivity index (χ2n) is 6.83. The van der Waals surface area contributed by atoms with E-state index in [4.69, 9.17) is 0 Å². The van der Waals surface area contributed by atoms with E-state index < -0.39 is 29.7 Å². The number of halogens is 2. The highest BCUT2D eigenvalue weighted by atomic mass is 79.9. The predicted octanol–water partition coefficient (Wildman–Crippen LogP) is 5.95. The summed E-state index contributed by atoms with van der Waals surface area (Å²) < 4.78 is 62.2. The van der Waals surface area contributed by atoms with E-state index in [1.54, 1.807) is 35.7 Å². The second-order valence-corrected chi connectivity index (χ2v) is 14.6. The molecule has 32 heavy (non-hydrogen) atoms. The Balaban J connectivity index is 1.85. The van der Waals surface area contributed by atoms with Crippen molar-refractivity contribution in [1.82, 2.24) is 4.98 Å². The summed E-state index contributed by atoms with van der Waals surface area (Å²) in [7, 11) is -7.07. The lowest BCUT2D eigenvalue weighted by Gasteiger charge is -2.06. The van der Waals surface area contributed by atoms with Gasteiger partial charge in [0.1, 0.15) is 15.0 Å². The summed E-state index contributed by atoms with van der Waals surface area (Å²) in [6.07, 6.45) is 1.13. The fourth-order valence-corrected chi connectivity index (χ4v) is 8.64. The molecule has 0 bridgehead atoms. The van der Waals surface area contributed by atoms with E-state index in [0.717, 1.165) is 17.6 Å². The molecule has 4 aromatic rings. The molecule has 5 nitrogen and oxygen atoms in total. The van der Waals surface area contributed by atoms with Crippen LogP contribution in [0.5, 0.6) is 0 Å². The Morgan fingerprint density at radius 2 is 1.56 bits per heavy atom. The van der Waals surface area contributed by atoms with Crippen LogP contribution >= 0.6 is 38.6 Å². The number of rotatable bonds is 6. The third-order valence-electron chi connectivity index (χ3n) is 4.55. The molecule has 0 amide bonds. The Morgan fingerprint density at radius 1 is 0.938 bits per heavy atom. The molecular weight excluding hydrogens is 557 g/mol. The van der Waals surface area contributed by atoms with Crippen LogP contribution in [0.4, 0.5) is 4.39 Å². The number of benzene rings is 2. The van der Waals surface area contributed by atoms with Crippen molar-refractivity contribution < 1.29 is 21.2 Å². The van der Waals surface area contributed by atoms with Gasteiger partial charge in [0.25, 0.3) is 0 Å². The van der Waals surface area contributed by atoms with Crippen LogP contribution in [0.3, 0.4) is 0 Å². The van der Waals surface area contributed by atoms with Gasteiger partial charge in [0.15, 0.2) is 14.0 Å². The molecule has 2 aromatic heterocycles. The first-order valence-corrected chi connectivity index (χ1v) is 15.1. The summed E-state index contributed by atoms with van der Waals surface area (Å²) in [6.45, 7) is 0. The highest BCUT2D eigenvalue weighted by molar-refractivity contribution is 9.10. The summed E-state index contributed by atoms with van der Waals surface area (Å²) in [4.78, 5) is 5.41. The first-order chi connectivity index (χ1) is 15.1. The van der Waals surface area contributed by atoms with E-state index in [9.17, 15) is 21.2 Å². The van der Waals surface area contributed by atoms with Gasteiger partial charge < -0.3 is 0 Å².